The SMILES string of the molecule is Oc1cc(F)c2cc(CCl)sc2c1. The molecule has 1 aromatic heterocycles. The van der Waals surface area contributed by atoms with Gasteiger partial charge in [0, 0.05) is 21.0 Å². The lowest BCUT2D eigenvalue weighted by Crippen LogP contribution is -1.73. The van der Waals surface area contributed by atoms with E-state index in [-0.39, 0.29) is 5.75 Å². The number of alkyl halides is 1. The molecule has 0 bridgehead atoms. The first-order valence-electron chi connectivity index (χ1n) is 3.67. The Morgan fingerprint density at radius 3 is 2.85 bits per heavy atom. The topological polar surface area (TPSA) is 20.2 Å². The van der Waals surface area contributed by atoms with E-state index in [2.05, 4.69) is 0 Å². The van der Waals surface area contributed by atoms with Crippen LogP contribution in [-0.2, 0) is 5.88 Å². The fourth-order valence-electron chi connectivity index (χ4n) is 1.20. The van der Waals surface area contributed by atoms with Gasteiger partial charge in [-0.2, -0.15) is 0 Å². The van der Waals surface area contributed by atoms with Gasteiger partial charge in [-0.3, -0.25) is 0 Å². The lowest BCUT2D eigenvalue weighted by Gasteiger charge is -1.93. The molecule has 0 aliphatic carbocycles. The van der Waals surface area contributed by atoms with Gasteiger partial charge in [0.2, 0.25) is 0 Å². The molecule has 2 aromatic rings. The van der Waals surface area contributed by atoms with E-state index >= 15 is 0 Å². The minimum absolute atomic E-state index is 0.0482. The highest BCUT2D eigenvalue weighted by atomic mass is 35.5. The van der Waals surface area contributed by atoms with Crippen molar-refractivity contribution in [2.24, 2.45) is 0 Å². The first kappa shape index (κ1) is 8.78. The van der Waals surface area contributed by atoms with E-state index in [1.54, 1.807) is 12.1 Å². The smallest absolute Gasteiger partial charge is 0.135 e. The molecule has 1 nitrogen and oxygen atoms in total. The minimum Gasteiger partial charge on any atom is -0.508 e. The van der Waals surface area contributed by atoms with Gasteiger partial charge in [-0.15, -0.1) is 22.9 Å². The van der Waals surface area contributed by atoms with E-state index < -0.39 is 5.82 Å². The first-order valence-corrected chi connectivity index (χ1v) is 5.02. The number of fused-ring (bicyclic) bond motifs is 1. The average molecular weight is 217 g/mol. The van der Waals surface area contributed by atoms with Crippen molar-refractivity contribution < 1.29 is 9.50 Å². The fourth-order valence-corrected chi connectivity index (χ4v) is 2.40. The zero-order chi connectivity index (χ0) is 9.42. The zero-order valence-corrected chi connectivity index (χ0v) is 8.12. The molecule has 0 saturated carbocycles. The average Bonchev–Trinajstić information content (AvgIpc) is 2.47. The molecule has 0 spiro atoms. The zero-order valence-electron chi connectivity index (χ0n) is 6.55. The summed E-state index contributed by atoms with van der Waals surface area (Å²) in [7, 11) is 0. The second-order valence-electron chi connectivity index (χ2n) is 2.69. The van der Waals surface area contributed by atoms with E-state index in [4.69, 9.17) is 16.7 Å². The third-order valence-corrected chi connectivity index (χ3v) is 3.28. The Bertz CT molecular complexity index is 452. The van der Waals surface area contributed by atoms with Crippen LogP contribution in [0.5, 0.6) is 5.75 Å². The first-order chi connectivity index (χ1) is 6.20. The molecule has 2 rings (SSSR count). The van der Waals surface area contributed by atoms with Crippen LogP contribution in [0.25, 0.3) is 10.1 Å². The Hall–Kier alpha value is -0.800. The number of halogens is 2. The van der Waals surface area contributed by atoms with Gasteiger partial charge in [-0.1, -0.05) is 0 Å². The van der Waals surface area contributed by atoms with Crippen LogP contribution in [0.3, 0.4) is 0 Å². The normalized spacial score (nSPS) is 10.9. The third-order valence-electron chi connectivity index (χ3n) is 1.75. The number of hydrogen-bond donors (Lipinski definition) is 1. The molecule has 0 fully saturated rings. The van der Waals surface area contributed by atoms with Gasteiger partial charge in [0.05, 0.1) is 5.88 Å². The van der Waals surface area contributed by atoms with Crippen LogP contribution in [0.2, 0.25) is 0 Å². The maximum Gasteiger partial charge on any atom is 0.135 e. The van der Waals surface area contributed by atoms with Crippen molar-refractivity contribution in [3.63, 3.8) is 0 Å². The van der Waals surface area contributed by atoms with E-state index in [9.17, 15) is 4.39 Å². The minimum atomic E-state index is -0.400. The Morgan fingerprint density at radius 1 is 1.38 bits per heavy atom. The van der Waals surface area contributed by atoms with Crippen LogP contribution >= 0.6 is 22.9 Å². The van der Waals surface area contributed by atoms with Gasteiger partial charge < -0.3 is 5.11 Å². The Morgan fingerprint density at radius 2 is 2.15 bits per heavy atom. The monoisotopic (exact) mass is 216 g/mol. The van der Waals surface area contributed by atoms with Gasteiger partial charge in [0.25, 0.3) is 0 Å². The molecule has 13 heavy (non-hydrogen) atoms. The molecule has 1 N–H and O–H groups in total. The molecular formula is C9H6ClFOS. The van der Waals surface area contributed by atoms with E-state index in [0.717, 1.165) is 15.6 Å². The Balaban J connectivity index is 2.75. The quantitative estimate of drug-likeness (QED) is 0.724. The van der Waals surface area contributed by atoms with Crippen LogP contribution < -0.4 is 0 Å². The molecule has 68 valence electrons. The van der Waals surface area contributed by atoms with Crippen LogP contribution in [0.4, 0.5) is 4.39 Å². The highest BCUT2D eigenvalue weighted by molar-refractivity contribution is 7.19. The molecule has 1 aromatic carbocycles. The van der Waals surface area contributed by atoms with Crippen molar-refractivity contribution in [3.05, 3.63) is 28.9 Å². The number of phenols is 1. The van der Waals surface area contributed by atoms with Crippen LogP contribution in [0.1, 0.15) is 4.88 Å². The number of rotatable bonds is 1. The fraction of sp³-hybridized carbons (Fsp3) is 0.111. The van der Waals surface area contributed by atoms with Crippen molar-refractivity contribution in [2.75, 3.05) is 0 Å². The molecular weight excluding hydrogens is 211 g/mol. The second kappa shape index (κ2) is 3.16. The lowest BCUT2D eigenvalue weighted by molar-refractivity contribution is 0.471. The van der Waals surface area contributed by atoms with Crippen molar-refractivity contribution in [2.45, 2.75) is 5.88 Å². The summed E-state index contributed by atoms with van der Waals surface area (Å²) >= 11 is 7.01. The predicted octanol–water partition coefficient (Wildman–Crippen LogP) is 3.48. The summed E-state index contributed by atoms with van der Waals surface area (Å²) in [5, 5.41) is 9.65. The molecule has 0 saturated heterocycles. The Kier molecular flexibility index (Phi) is 2.14. The number of thiophene rings is 1. The van der Waals surface area contributed by atoms with E-state index in [0.29, 0.717) is 11.3 Å². The van der Waals surface area contributed by atoms with Gasteiger partial charge in [-0.25, -0.2) is 4.39 Å². The van der Waals surface area contributed by atoms with Gasteiger partial charge >= 0.3 is 0 Å². The third kappa shape index (κ3) is 1.49. The molecule has 0 unspecified atom stereocenters. The highest BCUT2D eigenvalue weighted by Crippen LogP contribution is 2.31. The van der Waals surface area contributed by atoms with E-state index in [1.807, 2.05) is 0 Å². The number of aromatic hydroxyl groups is 1. The summed E-state index contributed by atoms with van der Waals surface area (Å²) < 4.78 is 13.9. The largest absolute Gasteiger partial charge is 0.508 e. The predicted molar refractivity (Wildman–Crippen MR) is 53.0 cm³/mol. The molecule has 4 heteroatoms. The molecule has 1 heterocycles. The van der Waals surface area contributed by atoms with Crippen molar-refractivity contribution in [1.82, 2.24) is 0 Å². The van der Waals surface area contributed by atoms with Crippen LogP contribution in [-0.4, -0.2) is 5.11 Å². The number of hydrogen-bond acceptors (Lipinski definition) is 2. The maximum atomic E-state index is 13.2. The van der Waals surface area contributed by atoms with Crippen molar-refractivity contribution in [1.29, 1.82) is 0 Å². The highest BCUT2D eigenvalue weighted by Gasteiger charge is 2.07. The molecule has 0 aliphatic rings. The molecule has 0 radical (unpaired) electrons. The van der Waals surface area contributed by atoms with Gasteiger partial charge in [-0.05, 0) is 12.1 Å². The summed E-state index contributed by atoms with van der Waals surface area (Å²) in [4.78, 5) is 0.904. The summed E-state index contributed by atoms with van der Waals surface area (Å²) in [6.45, 7) is 0. The van der Waals surface area contributed by atoms with Crippen LogP contribution in [0, 0.1) is 5.82 Å². The second-order valence-corrected chi connectivity index (χ2v) is 4.12. The molecule has 0 aliphatic heterocycles. The summed E-state index contributed by atoms with van der Waals surface area (Å²) in [6.07, 6.45) is 0. The number of phenolic OH excluding ortho intramolecular Hbond substituents is 1. The molecule has 0 atom stereocenters. The lowest BCUT2D eigenvalue weighted by atomic mass is 10.2. The standard InChI is InChI=1S/C9H6ClFOS/c10-4-6-3-7-8(11)1-5(12)2-9(7)13-6/h1-3,12H,4H2. The van der Waals surface area contributed by atoms with Crippen LogP contribution in [0.15, 0.2) is 18.2 Å². The number of benzene rings is 1. The maximum absolute atomic E-state index is 13.2. The van der Waals surface area contributed by atoms with Gasteiger partial charge in [0.15, 0.2) is 0 Å². The van der Waals surface area contributed by atoms with Gasteiger partial charge in [0.1, 0.15) is 11.6 Å². The van der Waals surface area contributed by atoms with Crippen molar-refractivity contribution >= 4 is 33.0 Å². The van der Waals surface area contributed by atoms with E-state index in [1.165, 1.54) is 11.3 Å². The summed E-state index contributed by atoms with van der Waals surface area (Å²) in [5.41, 5.74) is 0. The molecule has 0 amide bonds. The van der Waals surface area contributed by atoms with Crippen molar-refractivity contribution in [3.8, 4) is 5.75 Å². The summed E-state index contributed by atoms with van der Waals surface area (Å²) in [5.74, 6) is -0.0740. The Labute approximate surface area is 83.4 Å². The summed E-state index contributed by atoms with van der Waals surface area (Å²) in [6, 6.07) is 4.36.